The molecule has 0 aliphatic rings. The van der Waals surface area contributed by atoms with Crippen LogP contribution in [-0.2, 0) is 16.1 Å². The molecule has 0 atom stereocenters. The molecule has 0 spiro atoms. The van der Waals surface area contributed by atoms with E-state index >= 15 is 0 Å². The number of nitrogens with two attached hydrogens (primary N) is 1. The second-order valence-corrected chi connectivity index (χ2v) is 7.56. The molecule has 0 unspecified atom stereocenters. The van der Waals surface area contributed by atoms with Crippen molar-refractivity contribution in [3.8, 4) is 28.1 Å². The van der Waals surface area contributed by atoms with Crippen molar-refractivity contribution in [2.75, 3.05) is 7.11 Å². The first-order valence-electron chi connectivity index (χ1n) is 10.5. The minimum absolute atomic E-state index is 0. The van der Waals surface area contributed by atoms with Crippen molar-refractivity contribution >= 4 is 24.2 Å². The summed E-state index contributed by atoms with van der Waals surface area (Å²) >= 11 is 0. The first kappa shape index (κ1) is 24.5. The molecule has 1 aromatic heterocycles. The van der Waals surface area contributed by atoms with E-state index in [0.717, 1.165) is 28.1 Å². The summed E-state index contributed by atoms with van der Waals surface area (Å²) in [6, 6.07) is 24.8. The fourth-order valence-corrected chi connectivity index (χ4v) is 3.67. The Balaban J connectivity index is 0.00000324. The zero-order valence-corrected chi connectivity index (χ0v) is 19.4. The van der Waals surface area contributed by atoms with E-state index in [0.29, 0.717) is 5.56 Å². The average molecular weight is 477 g/mol. The maximum absolute atomic E-state index is 13.2. The van der Waals surface area contributed by atoms with E-state index in [-0.39, 0.29) is 42.9 Å². The van der Waals surface area contributed by atoms with Gasteiger partial charge in [0.15, 0.2) is 0 Å². The summed E-state index contributed by atoms with van der Waals surface area (Å²) in [5.74, 6) is -0.330. The van der Waals surface area contributed by atoms with Crippen LogP contribution >= 0.6 is 12.4 Å². The number of aromatic nitrogens is 2. The lowest BCUT2D eigenvalue weighted by molar-refractivity contribution is -0.140. The Morgan fingerprint density at radius 1 is 0.912 bits per heavy atom. The zero-order chi connectivity index (χ0) is 23.4. The lowest BCUT2D eigenvalue weighted by Gasteiger charge is -2.09. The number of ether oxygens (including phenoxy) is 1. The summed E-state index contributed by atoms with van der Waals surface area (Å²) in [5.41, 5.74) is 10.4. The minimum Gasteiger partial charge on any atom is -0.469 e. The van der Waals surface area contributed by atoms with Gasteiger partial charge in [-0.2, -0.15) is 0 Å². The van der Waals surface area contributed by atoms with Crippen LogP contribution in [0.25, 0.3) is 28.1 Å². The highest BCUT2D eigenvalue weighted by Crippen LogP contribution is 2.26. The fraction of sp³-hybridized carbons (Fsp3) is 0.115. The number of nitrogens with zero attached hydrogens (tertiary/aromatic N) is 2. The van der Waals surface area contributed by atoms with Crippen LogP contribution in [0.15, 0.2) is 89.9 Å². The number of imidazole rings is 1. The number of nitrogens with one attached hydrogen (secondary N) is 1. The van der Waals surface area contributed by atoms with Gasteiger partial charge in [0.1, 0.15) is 5.84 Å². The zero-order valence-electron chi connectivity index (χ0n) is 18.6. The van der Waals surface area contributed by atoms with Crippen molar-refractivity contribution in [2.24, 2.45) is 5.73 Å². The van der Waals surface area contributed by atoms with E-state index in [1.807, 2.05) is 78.9 Å². The topological polar surface area (TPSA) is 103 Å². The van der Waals surface area contributed by atoms with E-state index < -0.39 is 0 Å². The highest BCUT2D eigenvalue weighted by Gasteiger charge is 2.16. The molecule has 0 saturated carbocycles. The molecule has 0 bridgehead atoms. The van der Waals surface area contributed by atoms with Gasteiger partial charge in [-0.15, -0.1) is 12.4 Å². The van der Waals surface area contributed by atoms with Crippen LogP contribution in [0.4, 0.5) is 0 Å². The Morgan fingerprint density at radius 3 is 2.03 bits per heavy atom. The molecule has 8 heteroatoms. The Kier molecular flexibility index (Phi) is 7.71. The molecule has 34 heavy (non-hydrogen) atoms. The van der Waals surface area contributed by atoms with Crippen LogP contribution in [0, 0.1) is 5.41 Å². The van der Waals surface area contributed by atoms with E-state index in [1.54, 1.807) is 10.8 Å². The van der Waals surface area contributed by atoms with Crippen LogP contribution in [0.3, 0.4) is 0 Å². The van der Waals surface area contributed by atoms with Gasteiger partial charge in [-0.1, -0.05) is 66.7 Å². The van der Waals surface area contributed by atoms with E-state index in [2.05, 4.69) is 0 Å². The normalized spacial score (nSPS) is 10.4. The Bertz CT molecular complexity index is 1340. The van der Waals surface area contributed by atoms with Gasteiger partial charge in [-0.25, -0.2) is 4.79 Å². The average Bonchev–Trinajstić information content (AvgIpc) is 3.19. The Morgan fingerprint density at radius 2 is 1.47 bits per heavy atom. The first-order chi connectivity index (χ1) is 16.0. The van der Waals surface area contributed by atoms with Gasteiger partial charge in [0.25, 0.3) is 0 Å². The highest BCUT2D eigenvalue weighted by atomic mass is 35.5. The summed E-state index contributed by atoms with van der Waals surface area (Å²) in [6.07, 6.45) is 1.89. The second kappa shape index (κ2) is 10.7. The summed E-state index contributed by atoms with van der Waals surface area (Å²) in [6.45, 7) is 0.235. The molecule has 0 saturated heterocycles. The summed E-state index contributed by atoms with van der Waals surface area (Å²) < 4.78 is 7.90. The van der Waals surface area contributed by atoms with Gasteiger partial charge in [0.05, 0.1) is 24.9 Å². The van der Waals surface area contributed by atoms with Gasteiger partial charge < -0.3 is 10.5 Å². The maximum Gasteiger partial charge on any atom is 0.333 e. The molecule has 3 aromatic carbocycles. The lowest BCUT2D eigenvalue weighted by atomic mass is 10.0. The highest BCUT2D eigenvalue weighted by molar-refractivity contribution is 5.95. The number of hydrogen-bond acceptors (Lipinski definition) is 4. The number of aryl methyl sites for hydroxylation is 1. The lowest BCUT2D eigenvalue weighted by Crippen LogP contribution is -2.24. The standard InChI is InChI=1S/C26H24N4O3.ClH/c1-33-24(31)15-16-29-17-23(30(26(29)32)22-5-3-2-4-6-22)20-11-7-18(8-12-20)19-9-13-21(14-10-19)25(27)28;/h2-14,17H,15-16H2,1H3,(H3,27,28);1H. The summed E-state index contributed by atoms with van der Waals surface area (Å²) in [4.78, 5) is 24.8. The molecule has 0 aliphatic heterocycles. The van der Waals surface area contributed by atoms with Crippen molar-refractivity contribution in [1.82, 2.24) is 9.13 Å². The number of rotatable bonds is 7. The second-order valence-electron chi connectivity index (χ2n) is 7.56. The van der Waals surface area contributed by atoms with Crippen molar-refractivity contribution in [3.05, 3.63) is 101 Å². The van der Waals surface area contributed by atoms with Crippen LogP contribution in [0.5, 0.6) is 0 Å². The van der Waals surface area contributed by atoms with Crippen LogP contribution in [-0.4, -0.2) is 28.0 Å². The Hall–Kier alpha value is -4.10. The van der Waals surface area contributed by atoms with Crippen LogP contribution in [0.2, 0.25) is 0 Å². The maximum atomic E-state index is 13.2. The van der Waals surface area contributed by atoms with E-state index in [1.165, 1.54) is 11.7 Å². The number of halogens is 1. The fourth-order valence-electron chi connectivity index (χ4n) is 3.67. The third-order valence-electron chi connectivity index (χ3n) is 5.46. The molecule has 3 N–H and O–H groups in total. The summed E-state index contributed by atoms with van der Waals surface area (Å²) in [7, 11) is 1.33. The predicted molar refractivity (Wildman–Crippen MR) is 136 cm³/mol. The molecule has 0 amide bonds. The molecular weight excluding hydrogens is 452 g/mol. The predicted octanol–water partition coefficient (Wildman–Crippen LogP) is 4.24. The monoisotopic (exact) mass is 476 g/mol. The van der Waals surface area contributed by atoms with Crippen molar-refractivity contribution in [1.29, 1.82) is 5.41 Å². The van der Waals surface area contributed by atoms with Crippen LogP contribution in [0.1, 0.15) is 12.0 Å². The SMILES string of the molecule is COC(=O)CCn1cc(-c2ccc(-c3ccc(C(=N)N)cc3)cc2)n(-c2ccccc2)c1=O.Cl. The largest absolute Gasteiger partial charge is 0.469 e. The van der Waals surface area contributed by atoms with E-state index in [4.69, 9.17) is 15.9 Å². The molecule has 174 valence electrons. The van der Waals surface area contributed by atoms with Crippen molar-refractivity contribution in [3.63, 3.8) is 0 Å². The first-order valence-corrected chi connectivity index (χ1v) is 10.5. The molecule has 0 fully saturated rings. The molecule has 0 radical (unpaired) electrons. The molecule has 7 nitrogen and oxygen atoms in total. The number of nitrogen functional groups attached to an aromatic ring is 1. The quantitative estimate of drug-likeness (QED) is 0.236. The number of esters is 1. The Labute approximate surface area is 203 Å². The number of para-hydroxylation sites is 1. The number of hydrogen-bond donors (Lipinski definition) is 2. The number of amidine groups is 1. The molecule has 4 aromatic rings. The molecular formula is C26H25ClN4O3. The third-order valence-corrected chi connectivity index (χ3v) is 5.46. The smallest absolute Gasteiger partial charge is 0.333 e. The summed E-state index contributed by atoms with van der Waals surface area (Å²) in [5, 5.41) is 7.53. The van der Waals surface area contributed by atoms with Gasteiger partial charge >= 0.3 is 11.7 Å². The van der Waals surface area contributed by atoms with Crippen LogP contribution < -0.4 is 11.4 Å². The molecule has 1 heterocycles. The van der Waals surface area contributed by atoms with Gasteiger partial charge in [0, 0.05) is 23.9 Å². The van der Waals surface area contributed by atoms with Gasteiger partial charge in [-0.05, 0) is 23.3 Å². The van der Waals surface area contributed by atoms with E-state index in [9.17, 15) is 9.59 Å². The minimum atomic E-state index is -0.365. The molecule has 0 aliphatic carbocycles. The van der Waals surface area contributed by atoms with Crippen molar-refractivity contribution < 1.29 is 9.53 Å². The van der Waals surface area contributed by atoms with Crippen molar-refractivity contribution in [2.45, 2.75) is 13.0 Å². The number of carbonyl (C=O) groups excluding carboxylic acids is 1. The number of methoxy groups -OCH3 is 1. The number of carbonyl (C=O) groups is 1. The van der Waals surface area contributed by atoms with Gasteiger partial charge in [0.2, 0.25) is 0 Å². The van der Waals surface area contributed by atoms with Gasteiger partial charge in [-0.3, -0.25) is 19.3 Å². The molecule has 4 rings (SSSR count). The third kappa shape index (κ3) is 5.10. The number of benzene rings is 3.